The van der Waals surface area contributed by atoms with Gasteiger partial charge in [0, 0.05) is 24.7 Å². The van der Waals surface area contributed by atoms with Gasteiger partial charge in [0.2, 0.25) is 0 Å². The van der Waals surface area contributed by atoms with Gasteiger partial charge in [-0.1, -0.05) is 6.92 Å². The predicted molar refractivity (Wildman–Crippen MR) is 89.1 cm³/mol. The molecule has 2 aromatic rings. The van der Waals surface area contributed by atoms with Crippen LogP contribution < -0.4 is 20.5 Å². The molecule has 124 valence electrons. The fraction of sp³-hybridized carbons (Fsp3) is 0.400. The summed E-state index contributed by atoms with van der Waals surface area (Å²) in [4.78, 5) is 4.30. The number of guanidine groups is 1. The van der Waals surface area contributed by atoms with E-state index >= 15 is 0 Å². The Kier molecular flexibility index (Phi) is 5.79. The van der Waals surface area contributed by atoms with Crippen molar-refractivity contribution in [2.24, 2.45) is 10.7 Å². The molecule has 0 saturated heterocycles. The van der Waals surface area contributed by atoms with Gasteiger partial charge in [-0.2, -0.15) is 0 Å². The number of hydrogen-bond donors (Lipinski definition) is 2. The Labute approximate surface area is 135 Å². The Bertz CT molecular complexity index is 668. The summed E-state index contributed by atoms with van der Waals surface area (Å²) in [5.74, 6) is 2.56. The lowest BCUT2D eigenvalue weighted by Crippen LogP contribution is -2.23. The van der Waals surface area contributed by atoms with E-state index in [2.05, 4.69) is 20.5 Å². The van der Waals surface area contributed by atoms with E-state index in [1.54, 1.807) is 32.7 Å². The number of aliphatic imine (C=N–C) groups is 1. The Morgan fingerprint density at radius 1 is 1.30 bits per heavy atom. The number of benzene rings is 1. The second kappa shape index (κ2) is 8.02. The van der Waals surface area contributed by atoms with Gasteiger partial charge in [-0.15, -0.1) is 10.2 Å². The summed E-state index contributed by atoms with van der Waals surface area (Å²) in [7, 11) is 3.18. The summed E-state index contributed by atoms with van der Waals surface area (Å²) in [6, 6.07) is 5.45. The van der Waals surface area contributed by atoms with Crippen molar-refractivity contribution in [3.05, 3.63) is 30.4 Å². The summed E-state index contributed by atoms with van der Waals surface area (Å²) in [5.41, 5.74) is 6.68. The largest absolute Gasteiger partial charge is 0.493 e. The lowest BCUT2D eigenvalue weighted by Gasteiger charge is -2.11. The Morgan fingerprint density at radius 3 is 2.78 bits per heavy atom. The lowest BCUT2D eigenvalue weighted by atomic mass is 10.3. The molecule has 0 amide bonds. The molecule has 2 rings (SSSR count). The van der Waals surface area contributed by atoms with Crippen molar-refractivity contribution in [2.75, 3.05) is 26.1 Å². The number of aryl methyl sites for hydroxylation is 1. The first-order valence-electron chi connectivity index (χ1n) is 7.33. The molecule has 1 heterocycles. The van der Waals surface area contributed by atoms with Crippen molar-refractivity contribution in [3.63, 3.8) is 0 Å². The summed E-state index contributed by atoms with van der Waals surface area (Å²) in [6.07, 6.45) is 2.54. The minimum atomic E-state index is 0.336. The van der Waals surface area contributed by atoms with Crippen molar-refractivity contribution >= 4 is 11.6 Å². The zero-order valence-electron chi connectivity index (χ0n) is 13.6. The van der Waals surface area contributed by atoms with Gasteiger partial charge in [0.1, 0.15) is 12.2 Å². The minimum Gasteiger partial charge on any atom is -0.493 e. The van der Waals surface area contributed by atoms with E-state index in [0.717, 1.165) is 17.9 Å². The van der Waals surface area contributed by atoms with Crippen molar-refractivity contribution in [3.8, 4) is 11.5 Å². The number of nitrogens with one attached hydrogen (secondary N) is 1. The average molecular weight is 318 g/mol. The third-order valence-electron chi connectivity index (χ3n) is 3.29. The average Bonchev–Trinajstić information content (AvgIpc) is 3.02. The Balaban J connectivity index is 1.94. The maximum absolute atomic E-state index is 5.90. The Hall–Kier alpha value is -2.77. The summed E-state index contributed by atoms with van der Waals surface area (Å²) in [5, 5.41) is 10.9. The van der Waals surface area contributed by atoms with Gasteiger partial charge in [0.15, 0.2) is 17.5 Å². The number of anilines is 1. The van der Waals surface area contributed by atoms with Gasteiger partial charge in [0.05, 0.1) is 20.8 Å². The molecule has 3 N–H and O–H groups in total. The highest BCUT2D eigenvalue weighted by molar-refractivity contribution is 5.92. The molecule has 0 unspecified atom stereocenters. The van der Waals surface area contributed by atoms with Crippen molar-refractivity contribution < 1.29 is 9.47 Å². The molecule has 8 heteroatoms. The normalized spacial score (nSPS) is 11.3. The number of rotatable bonds is 7. The maximum Gasteiger partial charge on any atom is 0.193 e. The van der Waals surface area contributed by atoms with E-state index in [4.69, 9.17) is 15.2 Å². The molecule has 1 aromatic carbocycles. The summed E-state index contributed by atoms with van der Waals surface area (Å²) in [6.45, 7) is 3.26. The van der Waals surface area contributed by atoms with E-state index in [9.17, 15) is 0 Å². The second-order valence-electron chi connectivity index (χ2n) is 4.76. The first-order valence-corrected chi connectivity index (χ1v) is 7.33. The molecule has 0 aliphatic carbocycles. The van der Waals surface area contributed by atoms with Gasteiger partial charge >= 0.3 is 0 Å². The third-order valence-corrected chi connectivity index (χ3v) is 3.29. The van der Waals surface area contributed by atoms with Gasteiger partial charge < -0.3 is 25.1 Å². The molecule has 23 heavy (non-hydrogen) atoms. The molecule has 0 aliphatic heterocycles. The molecule has 0 atom stereocenters. The molecule has 1 aromatic heterocycles. The quantitative estimate of drug-likeness (QED) is 0.589. The Morgan fingerprint density at radius 2 is 2.09 bits per heavy atom. The lowest BCUT2D eigenvalue weighted by molar-refractivity contribution is 0.355. The van der Waals surface area contributed by atoms with Crippen LogP contribution in [0.15, 0.2) is 29.5 Å². The third kappa shape index (κ3) is 4.35. The fourth-order valence-electron chi connectivity index (χ4n) is 2.12. The second-order valence-corrected chi connectivity index (χ2v) is 4.76. The fourth-order valence-corrected chi connectivity index (χ4v) is 2.12. The van der Waals surface area contributed by atoms with E-state index < -0.39 is 0 Å². The van der Waals surface area contributed by atoms with Crippen LogP contribution in [-0.2, 0) is 13.0 Å². The van der Waals surface area contributed by atoms with Crippen LogP contribution in [0.1, 0.15) is 12.7 Å². The number of nitrogens with zero attached hydrogens (tertiary/aromatic N) is 4. The van der Waals surface area contributed by atoms with Crippen LogP contribution >= 0.6 is 0 Å². The van der Waals surface area contributed by atoms with E-state index in [-0.39, 0.29) is 0 Å². The number of ether oxygens (including phenoxy) is 2. The van der Waals surface area contributed by atoms with Crippen LogP contribution in [-0.4, -0.2) is 41.5 Å². The van der Waals surface area contributed by atoms with Crippen molar-refractivity contribution in [1.82, 2.24) is 14.8 Å². The SMILES string of the molecule is CCc1nncn1CCN=C(N)Nc1ccc(OC)c(OC)c1. The number of aromatic nitrogens is 3. The molecule has 0 fully saturated rings. The zero-order chi connectivity index (χ0) is 16.7. The summed E-state index contributed by atoms with van der Waals surface area (Å²) < 4.78 is 12.4. The summed E-state index contributed by atoms with van der Waals surface area (Å²) >= 11 is 0. The monoisotopic (exact) mass is 318 g/mol. The van der Waals surface area contributed by atoms with Crippen LogP contribution in [0.3, 0.4) is 0 Å². The van der Waals surface area contributed by atoms with E-state index in [0.29, 0.717) is 30.5 Å². The molecular weight excluding hydrogens is 296 g/mol. The van der Waals surface area contributed by atoms with Gasteiger partial charge in [0.25, 0.3) is 0 Å². The number of hydrogen-bond acceptors (Lipinski definition) is 5. The highest BCUT2D eigenvalue weighted by Crippen LogP contribution is 2.29. The highest BCUT2D eigenvalue weighted by Gasteiger charge is 2.05. The van der Waals surface area contributed by atoms with Gasteiger partial charge in [-0.05, 0) is 12.1 Å². The molecule has 0 radical (unpaired) electrons. The number of methoxy groups -OCH3 is 2. The topological polar surface area (TPSA) is 99.6 Å². The minimum absolute atomic E-state index is 0.336. The zero-order valence-corrected chi connectivity index (χ0v) is 13.6. The molecule has 0 bridgehead atoms. The highest BCUT2D eigenvalue weighted by atomic mass is 16.5. The number of nitrogens with two attached hydrogens (primary N) is 1. The predicted octanol–water partition coefficient (Wildman–Crippen LogP) is 1.28. The molecule has 0 spiro atoms. The molecular formula is C15H22N6O2. The van der Waals surface area contributed by atoms with Crippen LogP contribution in [0.5, 0.6) is 11.5 Å². The first kappa shape index (κ1) is 16.6. The first-order chi connectivity index (χ1) is 11.2. The van der Waals surface area contributed by atoms with Crippen LogP contribution in [0, 0.1) is 0 Å². The molecule has 0 saturated carbocycles. The van der Waals surface area contributed by atoms with Crippen LogP contribution in [0.25, 0.3) is 0 Å². The molecule has 0 aliphatic rings. The maximum atomic E-state index is 5.90. The van der Waals surface area contributed by atoms with Crippen LogP contribution in [0.2, 0.25) is 0 Å². The molecule has 8 nitrogen and oxygen atoms in total. The van der Waals surface area contributed by atoms with E-state index in [1.807, 2.05) is 17.6 Å². The van der Waals surface area contributed by atoms with Gasteiger partial charge in [-0.25, -0.2) is 0 Å². The smallest absolute Gasteiger partial charge is 0.193 e. The van der Waals surface area contributed by atoms with Crippen LogP contribution in [0.4, 0.5) is 5.69 Å². The van der Waals surface area contributed by atoms with E-state index in [1.165, 1.54) is 0 Å². The van der Waals surface area contributed by atoms with Gasteiger partial charge in [-0.3, -0.25) is 4.99 Å². The van der Waals surface area contributed by atoms with Crippen molar-refractivity contribution in [2.45, 2.75) is 19.9 Å². The standard InChI is InChI=1S/C15H22N6O2/c1-4-14-20-18-10-21(14)8-7-17-15(16)19-11-5-6-12(22-2)13(9-11)23-3/h5-6,9-10H,4,7-8H2,1-3H3,(H3,16,17,19). The van der Waals surface area contributed by atoms with Crippen molar-refractivity contribution in [1.29, 1.82) is 0 Å².